The molecule has 0 unspecified atom stereocenters. The molecule has 0 radical (unpaired) electrons. The summed E-state index contributed by atoms with van der Waals surface area (Å²) in [6.45, 7) is 12.0. The molecule has 0 aromatic heterocycles. The fourth-order valence-corrected chi connectivity index (χ4v) is 2.08. The van der Waals surface area contributed by atoms with Gasteiger partial charge < -0.3 is 4.84 Å². The van der Waals surface area contributed by atoms with Crippen LogP contribution < -0.4 is 0 Å². The molecule has 4 heteroatoms. The van der Waals surface area contributed by atoms with Gasteiger partial charge in [-0.2, -0.15) is 0 Å². The molecule has 0 amide bonds. The lowest BCUT2D eigenvalue weighted by Gasteiger charge is -2.21. The minimum absolute atomic E-state index is 0.524. The summed E-state index contributed by atoms with van der Waals surface area (Å²) in [5.74, 6) is 0.600. The second-order valence-electron chi connectivity index (χ2n) is 5.12. The molecule has 0 fully saturated rings. The summed E-state index contributed by atoms with van der Waals surface area (Å²) in [5.41, 5.74) is 1.26. The Labute approximate surface area is 145 Å². The topological polar surface area (TPSA) is 37.2 Å². The van der Waals surface area contributed by atoms with Crippen molar-refractivity contribution in [2.45, 2.75) is 19.9 Å². The summed E-state index contributed by atoms with van der Waals surface area (Å²) in [7, 11) is 0. The van der Waals surface area contributed by atoms with Crippen LogP contribution >= 0.6 is 0 Å². The summed E-state index contributed by atoms with van der Waals surface area (Å²) in [6.07, 6.45) is 10.8. The van der Waals surface area contributed by atoms with E-state index in [2.05, 4.69) is 58.7 Å². The largest absolute Gasteiger partial charge is 0.395 e. The van der Waals surface area contributed by atoms with Gasteiger partial charge in [0.25, 0.3) is 0 Å². The van der Waals surface area contributed by atoms with Crippen LogP contribution in [0.2, 0.25) is 0 Å². The molecule has 128 valence electrons. The van der Waals surface area contributed by atoms with Gasteiger partial charge >= 0.3 is 0 Å². The van der Waals surface area contributed by atoms with Crippen molar-refractivity contribution in [3.05, 3.63) is 72.9 Å². The smallest absolute Gasteiger partial charge is 0.181 e. The Kier molecular flexibility index (Phi) is 10.6. The van der Waals surface area contributed by atoms with Crippen LogP contribution in [0.25, 0.3) is 0 Å². The van der Waals surface area contributed by atoms with Gasteiger partial charge in [0, 0.05) is 13.1 Å². The molecule has 1 rings (SSSR count). The average Bonchev–Trinajstić information content (AvgIpc) is 2.62. The number of rotatable bonds is 11. The summed E-state index contributed by atoms with van der Waals surface area (Å²) in [5, 5.41) is 4.02. The Morgan fingerprint density at radius 1 is 1.21 bits per heavy atom. The fraction of sp³-hybridized carbons (Fsp3) is 0.300. The van der Waals surface area contributed by atoms with Crippen LogP contribution in [0.5, 0.6) is 0 Å². The lowest BCUT2D eigenvalue weighted by molar-refractivity contribution is 0.156. The van der Waals surface area contributed by atoms with E-state index in [0.717, 1.165) is 19.5 Å². The molecule has 4 nitrogen and oxygen atoms in total. The van der Waals surface area contributed by atoms with Crippen molar-refractivity contribution in [2.24, 2.45) is 10.1 Å². The third kappa shape index (κ3) is 8.86. The monoisotopic (exact) mass is 325 g/mol. The van der Waals surface area contributed by atoms with Gasteiger partial charge in [0.1, 0.15) is 6.61 Å². The predicted octanol–water partition coefficient (Wildman–Crippen LogP) is 4.23. The molecular weight excluding hydrogens is 298 g/mol. The summed E-state index contributed by atoms with van der Waals surface area (Å²) in [4.78, 5) is 11.4. The summed E-state index contributed by atoms with van der Waals surface area (Å²) in [6, 6.07) is 10.4. The second kappa shape index (κ2) is 13.0. The highest BCUT2D eigenvalue weighted by Crippen LogP contribution is 2.06. The molecule has 0 spiro atoms. The van der Waals surface area contributed by atoms with E-state index in [4.69, 9.17) is 4.84 Å². The zero-order valence-electron chi connectivity index (χ0n) is 14.5. The van der Waals surface area contributed by atoms with Crippen molar-refractivity contribution in [1.82, 2.24) is 4.90 Å². The third-order valence-electron chi connectivity index (χ3n) is 3.20. The van der Waals surface area contributed by atoms with Gasteiger partial charge in [-0.1, -0.05) is 72.4 Å². The molecule has 1 aromatic rings. The van der Waals surface area contributed by atoms with E-state index in [1.807, 2.05) is 31.2 Å². The number of hydrogen-bond acceptors (Lipinski definition) is 3. The Balaban J connectivity index is 2.67. The summed E-state index contributed by atoms with van der Waals surface area (Å²) >= 11 is 0. The van der Waals surface area contributed by atoms with Gasteiger partial charge in [-0.3, -0.25) is 4.90 Å². The second-order valence-corrected chi connectivity index (χ2v) is 5.12. The van der Waals surface area contributed by atoms with Crippen LogP contribution in [0, 0.1) is 0 Å². The molecule has 0 aliphatic carbocycles. The molecule has 0 N–H and O–H groups in total. The van der Waals surface area contributed by atoms with E-state index in [0.29, 0.717) is 19.0 Å². The quantitative estimate of drug-likeness (QED) is 0.264. The molecule has 24 heavy (non-hydrogen) atoms. The zero-order valence-corrected chi connectivity index (χ0v) is 14.5. The zero-order chi connectivity index (χ0) is 17.5. The van der Waals surface area contributed by atoms with Crippen LogP contribution in [0.3, 0.4) is 0 Å². The minimum atomic E-state index is 0.524. The van der Waals surface area contributed by atoms with Crippen LogP contribution in [0.15, 0.2) is 77.4 Å². The number of oxime groups is 1. The number of nitrogens with zero attached hydrogens (tertiary/aromatic N) is 3. The van der Waals surface area contributed by atoms with Gasteiger partial charge in [0.05, 0.1) is 6.54 Å². The first kappa shape index (κ1) is 19.6. The molecule has 1 aromatic carbocycles. The lowest BCUT2D eigenvalue weighted by atomic mass is 10.2. The molecule has 0 aliphatic heterocycles. The standard InChI is InChI=1S/C20H27N3O/c1-4-6-7-8-9-13-16-23(17-19-14-11-10-12-15-19)18-20(21-3)22-24-5-2/h4,6-12,14-15H,1,3,5,13,16-18H2,2H3/b7-6-,9-8-,22-20-. The van der Waals surface area contributed by atoms with E-state index in [1.54, 1.807) is 6.08 Å². The first-order valence-corrected chi connectivity index (χ1v) is 8.16. The SMILES string of the molecule is C=C/C=C\C=C/CCN(C/C(N=C)=N/OCC)Cc1ccccc1. The molecule has 0 heterocycles. The predicted molar refractivity (Wildman–Crippen MR) is 103 cm³/mol. The maximum atomic E-state index is 5.10. The van der Waals surface area contributed by atoms with E-state index >= 15 is 0 Å². The molecule has 0 saturated heterocycles. The highest BCUT2D eigenvalue weighted by molar-refractivity contribution is 5.87. The number of amidine groups is 1. The average molecular weight is 325 g/mol. The van der Waals surface area contributed by atoms with Crippen molar-refractivity contribution in [3.63, 3.8) is 0 Å². The lowest BCUT2D eigenvalue weighted by Crippen LogP contribution is -2.29. The Bertz CT molecular complexity index is 562. The van der Waals surface area contributed by atoms with Gasteiger partial charge in [-0.05, 0) is 25.6 Å². The van der Waals surface area contributed by atoms with Crippen molar-refractivity contribution in [1.29, 1.82) is 0 Å². The van der Waals surface area contributed by atoms with Gasteiger partial charge in [0.15, 0.2) is 5.84 Å². The van der Waals surface area contributed by atoms with E-state index in [-0.39, 0.29) is 0 Å². The van der Waals surface area contributed by atoms with Gasteiger partial charge in [-0.25, -0.2) is 4.99 Å². The fourth-order valence-electron chi connectivity index (χ4n) is 2.08. The maximum Gasteiger partial charge on any atom is 0.181 e. The molecule has 0 atom stereocenters. The molecule has 0 saturated carbocycles. The van der Waals surface area contributed by atoms with Crippen LogP contribution in [0.4, 0.5) is 0 Å². The first-order chi connectivity index (χ1) is 11.8. The van der Waals surface area contributed by atoms with Crippen molar-refractivity contribution in [3.8, 4) is 0 Å². The molecule has 0 aliphatic rings. The Morgan fingerprint density at radius 2 is 2.00 bits per heavy atom. The minimum Gasteiger partial charge on any atom is -0.395 e. The van der Waals surface area contributed by atoms with Crippen molar-refractivity contribution < 1.29 is 4.84 Å². The Hall–Kier alpha value is -2.46. The summed E-state index contributed by atoms with van der Waals surface area (Å²) < 4.78 is 0. The van der Waals surface area contributed by atoms with Gasteiger partial charge in [0.2, 0.25) is 0 Å². The van der Waals surface area contributed by atoms with Crippen molar-refractivity contribution >= 4 is 12.6 Å². The molecule has 0 bridgehead atoms. The van der Waals surface area contributed by atoms with E-state index < -0.39 is 0 Å². The van der Waals surface area contributed by atoms with Crippen LogP contribution in [-0.4, -0.2) is 37.1 Å². The Morgan fingerprint density at radius 3 is 2.67 bits per heavy atom. The highest BCUT2D eigenvalue weighted by Gasteiger charge is 2.09. The third-order valence-corrected chi connectivity index (χ3v) is 3.20. The van der Waals surface area contributed by atoms with Crippen LogP contribution in [0.1, 0.15) is 18.9 Å². The number of allylic oxidation sites excluding steroid dienone is 4. The highest BCUT2D eigenvalue weighted by atomic mass is 16.6. The van der Waals surface area contributed by atoms with E-state index in [9.17, 15) is 0 Å². The number of hydrogen-bond donors (Lipinski definition) is 0. The van der Waals surface area contributed by atoms with Crippen LogP contribution in [-0.2, 0) is 11.4 Å². The number of aliphatic imine (C=N–C) groups is 1. The maximum absolute atomic E-state index is 5.10. The normalized spacial score (nSPS) is 12.2. The number of benzene rings is 1. The van der Waals surface area contributed by atoms with Crippen molar-refractivity contribution in [2.75, 3.05) is 19.7 Å². The first-order valence-electron chi connectivity index (χ1n) is 8.16. The van der Waals surface area contributed by atoms with E-state index in [1.165, 1.54) is 5.56 Å². The van der Waals surface area contributed by atoms with Gasteiger partial charge in [-0.15, -0.1) is 0 Å². The molecular formula is C20H27N3O.